The van der Waals surface area contributed by atoms with E-state index in [1.54, 1.807) is 11.0 Å². The maximum atomic E-state index is 13.2. The van der Waals surface area contributed by atoms with Gasteiger partial charge in [-0.1, -0.05) is 31.2 Å². The number of fused-ring (bicyclic) bond motifs is 1. The second-order valence-electron chi connectivity index (χ2n) is 9.20. The summed E-state index contributed by atoms with van der Waals surface area (Å²) in [4.78, 5) is 29.9. The number of carbonyl (C=O) groups excluding carboxylic acids is 2. The molecule has 0 aliphatic carbocycles. The Bertz CT molecular complexity index is 1090. The third-order valence-corrected chi connectivity index (χ3v) is 6.42. The number of rotatable bonds is 7. The zero-order valence-corrected chi connectivity index (χ0v) is 19.8. The van der Waals surface area contributed by atoms with Crippen LogP contribution in [0.2, 0.25) is 0 Å². The van der Waals surface area contributed by atoms with Crippen molar-refractivity contribution in [3.8, 4) is 5.75 Å². The molecule has 0 aromatic heterocycles. The summed E-state index contributed by atoms with van der Waals surface area (Å²) >= 11 is 0. The smallest absolute Gasteiger partial charge is 0.295 e. The average molecular weight is 449 g/mol. The number of carbonyl (C=O) groups is 2. The van der Waals surface area contributed by atoms with Crippen molar-refractivity contribution >= 4 is 17.4 Å². The van der Waals surface area contributed by atoms with E-state index in [0.29, 0.717) is 12.1 Å². The van der Waals surface area contributed by atoms with E-state index in [1.165, 1.54) is 5.56 Å². The Balaban J connectivity index is 1.77. The third-order valence-electron chi connectivity index (χ3n) is 6.42. The number of amides is 1. The lowest BCUT2D eigenvalue weighted by molar-refractivity contribution is -0.139. The molecule has 1 amide bonds. The number of Topliss-reactive ketones (excluding diaryl/α,β-unsaturated/α-hetero) is 1. The van der Waals surface area contributed by atoms with E-state index in [1.807, 2.05) is 57.4 Å². The predicted molar refractivity (Wildman–Crippen MR) is 128 cm³/mol. The standard InChI is InChI=1S/C27H32N2O4/c1-5-18-7-9-19(10-8-18)24-23(26(31)27(32)29(24)14-6-13-28(3)4)25(30)20-11-12-22-21(16-20)15-17(2)33-22/h7-12,16-17,24,30H,5-6,13-15H2,1-4H3/b25-23-. The van der Waals surface area contributed by atoms with Gasteiger partial charge in [0.15, 0.2) is 0 Å². The van der Waals surface area contributed by atoms with Gasteiger partial charge < -0.3 is 19.6 Å². The van der Waals surface area contributed by atoms with Crippen LogP contribution in [0.1, 0.15) is 48.6 Å². The molecule has 0 radical (unpaired) electrons. The summed E-state index contributed by atoms with van der Waals surface area (Å²) in [6, 6.07) is 12.8. The minimum absolute atomic E-state index is 0.0803. The summed E-state index contributed by atoms with van der Waals surface area (Å²) in [7, 11) is 3.96. The van der Waals surface area contributed by atoms with Crippen LogP contribution >= 0.6 is 0 Å². The van der Waals surface area contributed by atoms with Gasteiger partial charge in [0.1, 0.15) is 17.6 Å². The molecular weight excluding hydrogens is 416 g/mol. The number of aryl methyl sites for hydroxylation is 1. The van der Waals surface area contributed by atoms with Gasteiger partial charge in [-0.3, -0.25) is 9.59 Å². The second-order valence-corrected chi connectivity index (χ2v) is 9.20. The molecule has 2 aromatic carbocycles. The maximum Gasteiger partial charge on any atom is 0.295 e. The van der Waals surface area contributed by atoms with Gasteiger partial charge in [-0.25, -0.2) is 0 Å². The highest BCUT2D eigenvalue weighted by molar-refractivity contribution is 6.46. The Kier molecular flexibility index (Phi) is 6.56. The van der Waals surface area contributed by atoms with Crippen LogP contribution in [-0.4, -0.2) is 59.9 Å². The number of hydrogen-bond donors (Lipinski definition) is 1. The van der Waals surface area contributed by atoms with Gasteiger partial charge in [-0.2, -0.15) is 0 Å². The normalized spacial score (nSPS) is 21.5. The van der Waals surface area contributed by atoms with Gasteiger partial charge in [0, 0.05) is 18.5 Å². The van der Waals surface area contributed by atoms with Crippen LogP contribution in [0.5, 0.6) is 5.75 Å². The van der Waals surface area contributed by atoms with E-state index in [9.17, 15) is 14.7 Å². The molecule has 2 atom stereocenters. The number of ketones is 1. The van der Waals surface area contributed by atoms with Crippen molar-refractivity contribution in [1.29, 1.82) is 0 Å². The molecule has 0 bridgehead atoms. The first kappa shape index (κ1) is 23.1. The number of benzene rings is 2. The molecule has 2 aliphatic rings. The Hall–Kier alpha value is -3.12. The van der Waals surface area contributed by atoms with Crippen molar-refractivity contribution in [2.24, 2.45) is 0 Å². The Morgan fingerprint density at radius 1 is 1.15 bits per heavy atom. The number of likely N-dealkylation sites (tertiary alicyclic amines) is 1. The first-order valence-electron chi connectivity index (χ1n) is 11.6. The molecule has 33 heavy (non-hydrogen) atoms. The fourth-order valence-electron chi connectivity index (χ4n) is 4.67. The fraction of sp³-hybridized carbons (Fsp3) is 0.407. The largest absolute Gasteiger partial charge is 0.507 e. The number of aliphatic hydroxyl groups excluding tert-OH is 1. The van der Waals surface area contributed by atoms with Gasteiger partial charge in [-0.05, 0) is 75.3 Å². The number of nitrogens with zero attached hydrogens (tertiary/aromatic N) is 2. The number of ether oxygens (including phenoxy) is 1. The molecule has 2 aromatic rings. The van der Waals surface area contributed by atoms with E-state index < -0.39 is 17.7 Å². The van der Waals surface area contributed by atoms with Crippen molar-refractivity contribution in [2.45, 2.75) is 45.3 Å². The summed E-state index contributed by atoms with van der Waals surface area (Å²) in [5.74, 6) is -0.518. The average Bonchev–Trinajstić information content (AvgIpc) is 3.29. The van der Waals surface area contributed by atoms with Crippen LogP contribution in [0.25, 0.3) is 5.76 Å². The van der Waals surface area contributed by atoms with Crippen molar-refractivity contribution in [1.82, 2.24) is 9.80 Å². The maximum absolute atomic E-state index is 13.2. The highest BCUT2D eigenvalue weighted by atomic mass is 16.5. The Morgan fingerprint density at radius 2 is 1.88 bits per heavy atom. The quantitative estimate of drug-likeness (QED) is 0.395. The molecule has 4 rings (SSSR count). The lowest BCUT2D eigenvalue weighted by Crippen LogP contribution is -2.32. The van der Waals surface area contributed by atoms with Crippen molar-refractivity contribution in [2.75, 3.05) is 27.2 Å². The predicted octanol–water partition coefficient (Wildman–Crippen LogP) is 3.95. The van der Waals surface area contributed by atoms with E-state index in [-0.39, 0.29) is 17.4 Å². The molecule has 1 N–H and O–H groups in total. The lowest BCUT2D eigenvalue weighted by Gasteiger charge is -2.26. The summed E-state index contributed by atoms with van der Waals surface area (Å²) in [5.41, 5.74) is 3.69. The van der Waals surface area contributed by atoms with E-state index in [2.05, 4.69) is 11.8 Å². The van der Waals surface area contributed by atoms with Crippen molar-refractivity contribution in [3.05, 3.63) is 70.3 Å². The topological polar surface area (TPSA) is 70.1 Å². The zero-order valence-electron chi connectivity index (χ0n) is 19.8. The van der Waals surface area contributed by atoms with Gasteiger partial charge >= 0.3 is 0 Å². The van der Waals surface area contributed by atoms with E-state index >= 15 is 0 Å². The first-order valence-corrected chi connectivity index (χ1v) is 11.6. The number of hydrogen-bond acceptors (Lipinski definition) is 5. The van der Waals surface area contributed by atoms with Crippen LogP contribution in [-0.2, 0) is 22.4 Å². The molecule has 0 saturated carbocycles. The zero-order chi connectivity index (χ0) is 23.7. The summed E-state index contributed by atoms with van der Waals surface area (Å²) in [5, 5.41) is 11.3. The first-order chi connectivity index (χ1) is 15.8. The molecule has 2 unspecified atom stereocenters. The van der Waals surface area contributed by atoms with Crippen molar-refractivity contribution in [3.63, 3.8) is 0 Å². The van der Waals surface area contributed by atoms with Crippen molar-refractivity contribution < 1.29 is 19.4 Å². The molecule has 6 heteroatoms. The Labute approximate surface area is 195 Å². The van der Waals surface area contributed by atoms with Crippen LogP contribution in [0.4, 0.5) is 0 Å². The van der Waals surface area contributed by atoms with Gasteiger partial charge in [0.2, 0.25) is 0 Å². The monoisotopic (exact) mass is 448 g/mol. The number of aliphatic hydroxyl groups is 1. The molecule has 2 aliphatic heterocycles. The molecule has 1 fully saturated rings. The van der Waals surface area contributed by atoms with Crippen LogP contribution in [0.15, 0.2) is 48.0 Å². The van der Waals surface area contributed by atoms with E-state index in [4.69, 9.17) is 4.74 Å². The lowest BCUT2D eigenvalue weighted by atomic mass is 9.93. The van der Waals surface area contributed by atoms with Crippen LogP contribution < -0.4 is 4.74 Å². The third kappa shape index (κ3) is 4.53. The molecule has 6 nitrogen and oxygen atoms in total. The minimum Gasteiger partial charge on any atom is -0.507 e. The minimum atomic E-state index is -0.632. The second kappa shape index (κ2) is 9.40. The summed E-state index contributed by atoms with van der Waals surface area (Å²) in [6.07, 6.45) is 2.46. The van der Waals surface area contributed by atoms with Gasteiger partial charge in [0.25, 0.3) is 11.7 Å². The summed E-state index contributed by atoms with van der Waals surface area (Å²) < 4.78 is 5.77. The highest BCUT2D eigenvalue weighted by Gasteiger charge is 2.45. The van der Waals surface area contributed by atoms with E-state index in [0.717, 1.165) is 42.7 Å². The summed E-state index contributed by atoms with van der Waals surface area (Å²) in [6.45, 7) is 5.32. The van der Waals surface area contributed by atoms with Crippen LogP contribution in [0.3, 0.4) is 0 Å². The molecule has 0 spiro atoms. The molecular formula is C27H32N2O4. The SMILES string of the molecule is CCc1ccc(C2/C(=C(/O)c3ccc4c(c3)CC(C)O4)C(=O)C(=O)N2CCCN(C)C)cc1. The highest BCUT2D eigenvalue weighted by Crippen LogP contribution is 2.40. The van der Waals surface area contributed by atoms with Gasteiger partial charge in [-0.15, -0.1) is 0 Å². The Morgan fingerprint density at radius 3 is 2.55 bits per heavy atom. The molecule has 2 heterocycles. The molecule has 1 saturated heterocycles. The van der Waals surface area contributed by atoms with Gasteiger partial charge in [0.05, 0.1) is 11.6 Å². The molecule has 174 valence electrons. The fourth-order valence-corrected chi connectivity index (χ4v) is 4.67. The van der Waals surface area contributed by atoms with Crippen LogP contribution in [0, 0.1) is 0 Å².